The zero-order valence-corrected chi connectivity index (χ0v) is 14.0. The fraction of sp³-hybridized carbons (Fsp3) is 0.100. The fourth-order valence-corrected chi connectivity index (χ4v) is 2.51. The summed E-state index contributed by atoms with van der Waals surface area (Å²) in [7, 11) is 0. The van der Waals surface area contributed by atoms with Gasteiger partial charge in [0.25, 0.3) is 0 Å². The quantitative estimate of drug-likeness (QED) is 0.735. The van der Waals surface area contributed by atoms with Crippen LogP contribution in [0.3, 0.4) is 0 Å². The molecule has 0 atom stereocenters. The number of Topliss-reactive ketones (excluding diaryl/α,β-unsaturated/α-hetero) is 2. The SMILES string of the molecule is CC(=O)c1ccc(-c2cc(-c3ccc(C(C)=O)cc3)nc(N)n2)cc1. The van der Waals surface area contributed by atoms with Crippen LogP contribution in [0, 0.1) is 0 Å². The molecule has 2 N–H and O–H groups in total. The van der Waals surface area contributed by atoms with Gasteiger partial charge in [0.05, 0.1) is 11.4 Å². The number of ketones is 2. The minimum absolute atomic E-state index is 0.0139. The summed E-state index contributed by atoms with van der Waals surface area (Å²) in [5, 5.41) is 0. The summed E-state index contributed by atoms with van der Waals surface area (Å²) in [6.07, 6.45) is 0. The molecule has 25 heavy (non-hydrogen) atoms. The third-order valence-electron chi connectivity index (χ3n) is 3.92. The van der Waals surface area contributed by atoms with E-state index in [1.54, 1.807) is 24.3 Å². The molecule has 0 unspecified atom stereocenters. The van der Waals surface area contributed by atoms with E-state index in [0.717, 1.165) is 11.1 Å². The molecule has 0 saturated carbocycles. The predicted molar refractivity (Wildman–Crippen MR) is 97.3 cm³/mol. The second-order valence-electron chi connectivity index (χ2n) is 5.76. The number of nitrogens with two attached hydrogens (primary N) is 1. The van der Waals surface area contributed by atoms with Crippen LogP contribution in [-0.4, -0.2) is 21.5 Å². The highest BCUT2D eigenvalue weighted by Gasteiger charge is 2.09. The number of anilines is 1. The van der Waals surface area contributed by atoms with Gasteiger partial charge in [0, 0.05) is 22.3 Å². The molecule has 0 saturated heterocycles. The second kappa shape index (κ2) is 6.65. The van der Waals surface area contributed by atoms with Gasteiger partial charge in [-0.1, -0.05) is 48.5 Å². The molecule has 0 aliphatic rings. The lowest BCUT2D eigenvalue weighted by Gasteiger charge is -2.07. The minimum atomic E-state index is 0.0139. The molecule has 3 aromatic rings. The van der Waals surface area contributed by atoms with Crippen LogP contribution in [0.2, 0.25) is 0 Å². The van der Waals surface area contributed by atoms with E-state index in [9.17, 15) is 9.59 Å². The van der Waals surface area contributed by atoms with Crippen LogP contribution in [-0.2, 0) is 0 Å². The van der Waals surface area contributed by atoms with Gasteiger partial charge in [-0.15, -0.1) is 0 Å². The highest BCUT2D eigenvalue weighted by atomic mass is 16.1. The Balaban J connectivity index is 2.00. The Morgan fingerprint density at radius 2 is 1.08 bits per heavy atom. The van der Waals surface area contributed by atoms with E-state index in [2.05, 4.69) is 9.97 Å². The average molecular weight is 331 g/mol. The van der Waals surface area contributed by atoms with Crippen LogP contribution in [0.25, 0.3) is 22.5 Å². The van der Waals surface area contributed by atoms with E-state index in [0.29, 0.717) is 22.5 Å². The van der Waals surface area contributed by atoms with Crippen molar-refractivity contribution in [3.63, 3.8) is 0 Å². The highest BCUT2D eigenvalue weighted by Crippen LogP contribution is 2.25. The van der Waals surface area contributed by atoms with E-state index in [-0.39, 0.29) is 17.5 Å². The molecule has 0 radical (unpaired) electrons. The Morgan fingerprint density at radius 1 is 0.720 bits per heavy atom. The molecule has 0 aliphatic heterocycles. The summed E-state index contributed by atoms with van der Waals surface area (Å²) >= 11 is 0. The zero-order chi connectivity index (χ0) is 18.0. The number of carbonyl (C=O) groups is 2. The van der Waals surface area contributed by atoms with E-state index >= 15 is 0 Å². The summed E-state index contributed by atoms with van der Waals surface area (Å²) < 4.78 is 0. The van der Waals surface area contributed by atoms with E-state index in [4.69, 9.17) is 5.73 Å². The molecule has 5 nitrogen and oxygen atoms in total. The molecule has 5 heteroatoms. The van der Waals surface area contributed by atoms with E-state index in [1.807, 2.05) is 30.3 Å². The smallest absolute Gasteiger partial charge is 0.221 e. The van der Waals surface area contributed by atoms with Crippen molar-refractivity contribution in [3.8, 4) is 22.5 Å². The fourth-order valence-electron chi connectivity index (χ4n) is 2.51. The molecule has 0 aliphatic carbocycles. The number of nitrogens with zero attached hydrogens (tertiary/aromatic N) is 2. The third-order valence-corrected chi connectivity index (χ3v) is 3.92. The molecule has 1 aromatic heterocycles. The standard InChI is InChI=1S/C20H17N3O2/c1-12(24)14-3-7-16(8-4-14)18-11-19(23-20(21)22-18)17-9-5-15(6-10-17)13(2)25/h3-11H,1-2H3,(H2,21,22,23). The van der Waals surface area contributed by atoms with Gasteiger partial charge < -0.3 is 5.73 Å². The van der Waals surface area contributed by atoms with Crippen molar-refractivity contribution < 1.29 is 9.59 Å². The Morgan fingerprint density at radius 3 is 1.40 bits per heavy atom. The number of rotatable bonds is 4. The van der Waals surface area contributed by atoms with Crippen molar-refractivity contribution in [1.29, 1.82) is 0 Å². The van der Waals surface area contributed by atoms with Crippen molar-refractivity contribution >= 4 is 17.5 Å². The summed E-state index contributed by atoms with van der Waals surface area (Å²) in [4.78, 5) is 31.3. The second-order valence-corrected chi connectivity index (χ2v) is 5.76. The van der Waals surface area contributed by atoms with E-state index in [1.165, 1.54) is 13.8 Å². The van der Waals surface area contributed by atoms with E-state index < -0.39 is 0 Å². The Kier molecular flexibility index (Phi) is 4.39. The van der Waals surface area contributed by atoms with Crippen LogP contribution in [0.15, 0.2) is 54.6 Å². The number of aromatic nitrogens is 2. The van der Waals surface area contributed by atoms with Crippen molar-refractivity contribution in [1.82, 2.24) is 9.97 Å². The van der Waals surface area contributed by atoms with Gasteiger partial charge in [-0.3, -0.25) is 9.59 Å². The van der Waals surface area contributed by atoms with Crippen molar-refractivity contribution in [2.45, 2.75) is 13.8 Å². The first-order valence-electron chi connectivity index (χ1n) is 7.81. The van der Waals surface area contributed by atoms with Crippen LogP contribution in [0.4, 0.5) is 5.95 Å². The van der Waals surface area contributed by atoms with Crippen molar-refractivity contribution in [2.24, 2.45) is 0 Å². The Labute approximate surface area is 145 Å². The number of benzene rings is 2. The van der Waals surface area contributed by atoms with Crippen LogP contribution >= 0.6 is 0 Å². The molecular formula is C20H17N3O2. The average Bonchev–Trinajstić information content (AvgIpc) is 2.61. The van der Waals surface area contributed by atoms with Gasteiger partial charge >= 0.3 is 0 Å². The molecule has 124 valence electrons. The van der Waals surface area contributed by atoms with Crippen LogP contribution in [0.1, 0.15) is 34.6 Å². The summed E-state index contributed by atoms with van der Waals surface area (Å²) in [6, 6.07) is 16.2. The van der Waals surface area contributed by atoms with Crippen molar-refractivity contribution in [2.75, 3.05) is 5.73 Å². The number of carbonyl (C=O) groups excluding carboxylic acids is 2. The molecule has 3 rings (SSSR count). The summed E-state index contributed by atoms with van der Waals surface area (Å²) in [5.41, 5.74) is 10.2. The number of hydrogen-bond donors (Lipinski definition) is 1. The molecule has 1 heterocycles. The predicted octanol–water partition coefficient (Wildman–Crippen LogP) is 3.80. The van der Waals surface area contributed by atoms with Gasteiger partial charge in [-0.05, 0) is 19.9 Å². The maximum absolute atomic E-state index is 11.4. The lowest BCUT2D eigenvalue weighted by Crippen LogP contribution is -1.99. The maximum Gasteiger partial charge on any atom is 0.221 e. The zero-order valence-electron chi connectivity index (χ0n) is 14.0. The third kappa shape index (κ3) is 3.61. The molecule has 0 spiro atoms. The van der Waals surface area contributed by atoms with Crippen LogP contribution in [0.5, 0.6) is 0 Å². The lowest BCUT2D eigenvalue weighted by molar-refractivity contribution is 0.100. The molecule has 0 fully saturated rings. The van der Waals surface area contributed by atoms with Crippen LogP contribution < -0.4 is 5.73 Å². The molecule has 0 amide bonds. The Bertz CT molecular complexity index is 870. The number of hydrogen-bond acceptors (Lipinski definition) is 5. The molecular weight excluding hydrogens is 314 g/mol. The first-order valence-corrected chi connectivity index (χ1v) is 7.81. The minimum Gasteiger partial charge on any atom is -0.368 e. The lowest BCUT2D eigenvalue weighted by atomic mass is 10.0. The summed E-state index contributed by atoms with van der Waals surface area (Å²) in [5.74, 6) is 0.193. The van der Waals surface area contributed by atoms with Crippen molar-refractivity contribution in [3.05, 3.63) is 65.7 Å². The van der Waals surface area contributed by atoms with Gasteiger partial charge in [-0.25, -0.2) is 9.97 Å². The number of nitrogen functional groups attached to an aromatic ring is 1. The topological polar surface area (TPSA) is 85.9 Å². The Hall–Kier alpha value is -3.34. The normalized spacial score (nSPS) is 10.5. The van der Waals surface area contributed by atoms with Gasteiger partial charge in [0.2, 0.25) is 5.95 Å². The first-order chi connectivity index (χ1) is 11.9. The highest BCUT2D eigenvalue weighted by molar-refractivity contribution is 5.95. The monoisotopic (exact) mass is 331 g/mol. The van der Waals surface area contributed by atoms with Gasteiger partial charge in [0.1, 0.15) is 0 Å². The first kappa shape index (κ1) is 16.5. The van der Waals surface area contributed by atoms with Gasteiger partial charge in [-0.2, -0.15) is 0 Å². The maximum atomic E-state index is 11.4. The summed E-state index contributed by atoms with van der Waals surface area (Å²) in [6.45, 7) is 3.06. The molecule has 0 bridgehead atoms. The largest absolute Gasteiger partial charge is 0.368 e. The van der Waals surface area contributed by atoms with Gasteiger partial charge in [0.15, 0.2) is 11.6 Å². The molecule has 2 aromatic carbocycles.